The molecule has 4 aliphatic carbocycles. The molecule has 0 unspecified atom stereocenters. The lowest BCUT2D eigenvalue weighted by Crippen LogP contribution is -2.29. The second-order valence-electron chi connectivity index (χ2n) is 24.0. The minimum Gasteiger partial charge on any atom is -0.310 e. The molecular formula is C69H77N. The van der Waals surface area contributed by atoms with Crippen molar-refractivity contribution in [1.82, 2.24) is 0 Å². The maximum Gasteiger partial charge on any atom is 0.0714 e. The fraction of sp³-hybridized carbons (Fsp3) is 0.391. The molecule has 0 heterocycles. The summed E-state index contributed by atoms with van der Waals surface area (Å²) >= 11 is 0. The van der Waals surface area contributed by atoms with Gasteiger partial charge in [0.15, 0.2) is 0 Å². The van der Waals surface area contributed by atoms with Crippen molar-refractivity contribution >= 4 is 17.1 Å². The number of rotatable bonds is 9. The highest BCUT2D eigenvalue weighted by molar-refractivity contribution is 5.90. The quantitative estimate of drug-likeness (QED) is 0.139. The van der Waals surface area contributed by atoms with E-state index >= 15 is 0 Å². The van der Waals surface area contributed by atoms with Crippen molar-refractivity contribution < 1.29 is 0 Å². The average Bonchev–Trinajstić information content (AvgIpc) is 3.70. The minimum absolute atomic E-state index is 0.0527. The molecule has 1 nitrogen and oxygen atoms in total. The molecule has 0 aliphatic heterocycles. The topological polar surface area (TPSA) is 3.24 Å². The molecule has 0 aromatic heterocycles. The third-order valence-electron chi connectivity index (χ3n) is 17.5. The minimum atomic E-state index is -0.519. The number of benzene rings is 7. The summed E-state index contributed by atoms with van der Waals surface area (Å²) in [6.07, 6.45) is 20.2. The molecule has 4 aliphatic rings. The van der Waals surface area contributed by atoms with E-state index in [0.29, 0.717) is 17.8 Å². The van der Waals surface area contributed by atoms with Gasteiger partial charge in [-0.25, -0.2) is 0 Å². The van der Waals surface area contributed by atoms with Crippen LogP contribution in [-0.4, -0.2) is 0 Å². The highest BCUT2D eigenvalue weighted by Crippen LogP contribution is 2.58. The van der Waals surface area contributed by atoms with E-state index in [9.17, 15) is 0 Å². The van der Waals surface area contributed by atoms with Gasteiger partial charge >= 0.3 is 0 Å². The zero-order chi connectivity index (χ0) is 48.0. The van der Waals surface area contributed by atoms with Crippen LogP contribution in [0.5, 0.6) is 0 Å². The van der Waals surface area contributed by atoms with Gasteiger partial charge in [-0.15, -0.1) is 0 Å². The Bertz CT molecular complexity index is 2810. The number of hydrogen-bond donors (Lipinski definition) is 0. The molecule has 3 fully saturated rings. The maximum absolute atomic E-state index is 2.63. The molecule has 1 heteroatoms. The Hall–Kier alpha value is -5.66. The van der Waals surface area contributed by atoms with Gasteiger partial charge in [0, 0.05) is 17.1 Å². The molecular weight excluding hydrogens is 843 g/mol. The van der Waals surface area contributed by atoms with Crippen molar-refractivity contribution in [3.8, 4) is 22.3 Å². The van der Waals surface area contributed by atoms with Crippen molar-refractivity contribution in [3.05, 3.63) is 208 Å². The van der Waals surface area contributed by atoms with Crippen LogP contribution in [0, 0.1) is 0 Å². The van der Waals surface area contributed by atoms with E-state index in [1.807, 2.05) is 0 Å². The Balaban J connectivity index is 1.07. The summed E-state index contributed by atoms with van der Waals surface area (Å²) in [6.45, 7) is 13.9. The average molecular weight is 920 g/mol. The SMILES string of the molecule is CC(C)(C)c1ccc(C2(c3ccc(C(C)(C)C)cc3)c3ccccc3-c3ccc(N(c4ccc(-c5cc(C6CCCCC6)cc(C6CCCCC6)c5)cc4)c4ccc(C5CCCCC5)cc4)cc32)cc1. The van der Waals surface area contributed by atoms with Crippen LogP contribution >= 0.6 is 0 Å². The van der Waals surface area contributed by atoms with Gasteiger partial charge in [-0.3, -0.25) is 0 Å². The van der Waals surface area contributed by atoms with E-state index in [-0.39, 0.29) is 10.8 Å². The Labute approximate surface area is 421 Å². The van der Waals surface area contributed by atoms with Gasteiger partial charge < -0.3 is 4.90 Å². The van der Waals surface area contributed by atoms with Crippen molar-refractivity contribution in [2.45, 2.75) is 172 Å². The fourth-order valence-electron chi connectivity index (χ4n) is 13.4. The standard InChI is InChI=1S/C69H77N/c1-67(2,3)56-30-34-58(35-31-56)69(59-36-32-57(33-37-59)68(4,5)6)65-25-17-16-24-63(65)64-43-42-62(47-66(64)69)70(60-38-26-51(27-39-60)48-18-10-7-11-19-48)61-40-28-52(29-41-61)55-45-53(49-20-12-8-13-21-49)44-54(46-55)50-22-14-9-15-23-50/h16-17,24-50H,7-15,18-23H2,1-6H3. The first-order valence-corrected chi connectivity index (χ1v) is 27.6. The lowest BCUT2D eigenvalue weighted by Gasteiger charge is -2.36. The first-order valence-electron chi connectivity index (χ1n) is 27.6. The Morgan fingerprint density at radius 1 is 0.357 bits per heavy atom. The largest absolute Gasteiger partial charge is 0.310 e. The van der Waals surface area contributed by atoms with E-state index in [4.69, 9.17) is 0 Å². The normalized spacial score (nSPS) is 17.8. The molecule has 0 atom stereocenters. The van der Waals surface area contributed by atoms with E-state index in [1.54, 1.807) is 11.1 Å². The maximum atomic E-state index is 2.63. The Morgan fingerprint density at radius 3 is 1.27 bits per heavy atom. The molecule has 0 N–H and O–H groups in total. The van der Waals surface area contributed by atoms with Gasteiger partial charge in [0.25, 0.3) is 0 Å². The van der Waals surface area contributed by atoms with E-state index < -0.39 is 5.41 Å². The van der Waals surface area contributed by atoms with E-state index in [1.165, 1.54) is 175 Å². The molecule has 0 saturated heterocycles. The molecule has 7 aromatic carbocycles. The molecule has 0 radical (unpaired) electrons. The fourth-order valence-corrected chi connectivity index (χ4v) is 13.4. The molecule has 3 saturated carbocycles. The third-order valence-corrected chi connectivity index (χ3v) is 17.5. The zero-order valence-corrected chi connectivity index (χ0v) is 43.3. The van der Waals surface area contributed by atoms with Crippen LogP contribution < -0.4 is 4.90 Å². The third kappa shape index (κ3) is 8.90. The van der Waals surface area contributed by atoms with Crippen molar-refractivity contribution in [3.63, 3.8) is 0 Å². The summed E-state index contributed by atoms with van der Waals surface area (Å²) in [4.78, 5) is 2.54. The van der Waals surface area contributed by atoms with Crippen LogP contribution in [0.4, 0.5) is 17.1 Å². The van der Waals surface area contributed by atoms with Gasteiger partial charge in [0.2, 0.25) is 0 Å². The van der Waals surface area contributed by atoms with Crippen molar-refractivity contribution in [2.75, 3.05) is 4.90 Å². The van der Waals surface area contributed by atoms with Gasteiger partial charge in [-0.2, -0.15) is 0 Å². The first-order chi connectivity index (χ1) is 33.9. The van der Waals surface area contributed by atoms with Gasteiger partial charge in [-0.1, -0.05) is 221 Å². The van der Waals surface area contributed by atoms with Crippen molar-refractivity contribution in [2.24, 2.45) is 0 Å². The number of fused-ring (bicyclic) bond motifs is 3. The van der Waals surface area contributed by atoms with Gasteiger partial charge in [0.05, 0.1) is 5.41 Å². The highest BCUT2D eigenvalue weighted by atomic mass is 15.1. The predicted molar refractivity (Wildman–Crippen MR) is 299 cm³/mol. The van der Waals surface area contributed by atoms with Crippen LogP contribution in [-0.2, 0) is 16.2 Å². The van der Waals surface area contributed by atoms with Crippen LogP contribution in [0.2, 0.25) is 0 Å². The summed E-state index contributed by atoms with van der Waals surface area (Å²) in [5.74, 6) is 2.04. The summed E-state index contributed by atoms with van der Waals surface area (Å²) in [5, 5.41) is 0. The monoisotopic (exact) mass is 920 g/mol. The molecule has 0 bridgehead atoms. The van der Waals surface area contributed by atoms with E-state index in [0.717, 1.165) is 0 Å². The molecule has 11 rings (SSSR count). The van der Waals surface area contributed by atoms with E-state index in [2.05, 4.69) is 204 Å². The second-order valence-corrected chi connectivity index (χ2v) is 24.0. The van der Waals surface area contributed by atoms with Crippen molar-refractivity contribution in [1.29, 1.82) is 0 Å². The molecule has 0 spiro atoms. The van der Waals surface area contributed by atoms with Crippen LogP contribution in [0.25, 0.3) is 22.3 Å². The number of hydrogen-bond acceptors (Lipinski definition) is 1. The highest BCUT2D eigenvalue weighted by Gasteiger charge is 2.46. The summed E-state index contributed by atoms with van der Waals surface area (Å²) in [6, 6.07) is 63.0. The summed E-state index contributed by atoms with van der Waals surface area (Å²) in [7, 11) is 0. The number of nitrogens with zero attached hydrogens (tertiary/aromatic N) is 1. The predicted octanol–water partition coefficient (Wildman–Crippen LogP) is 19.9. The Kier molecular flexibility index (Phi) is 12.8. The molecule has 7 aromatic rings. The Morgan fingerprint density at radius 2 is 0.786 bits per heavy atom. The molecule has 0 amide bonds. The summed E-state index contributed by atoms with van der Waals surface area (Å²) in [5.41, 5.74) is 21.2. The van der Waals surface area contributed by atoms with Crippen LogP contribution in [0.1, 0.15) is 206 Å². The molecule has 70 heavy (non-hydrogen) atoms. The number of anilines is 3. The lowest BCUT2D eigenvalue weighted by molar-refractivity contribution is 0.435. The smallest absolute Gasteiger partial charge is 0.0714 e. The zero-order valence-electron chi connectivity index (χ0n) is 43.3. The molecule has 358 valence electrons. The van der Waals surface area contributed by atoms with Crippen LogP contribution in [0.3, 0.4) is 0 Å². The second kappa shape index (κ2) is 19.2. The lowest BCUT2D eigenvalue weighted by atomic mass is 9.67. The van der Waals surface area contributed by atoms with Crippen LogP contribution in [0.15, 0.2) is 158 Å². The van der Waals surface area contributed by atoms with Gasteiger partial charge in [-0.05, 0) is 176 Å². The summed E-state index contributed by atoms with van der Waals surface area (Å²) < 4.78 is 0. The first kappa shape index (κ1) is 46.7. The van der Waals surface area contributed by atoms with Gasteiger partial charge in [0.1, 0.15) is 0 Å².